The third kappa shape index (κ3) is 4.59. The van der Waals surface area contributed by atoms with Crippen molar-refractivity contribution in [1.82, 2.24) is 9.88 Å². The van der Waals surface area contributed by atoms with Gasteiger partial charge in [0, 0.05) is 25.1 Å². The van der Waals surface area contributed by atoms with Crippen molar-refractivity contribution in [2.75, 3.05) is 18.5 Å². The lowest BCUT2D eigenvalue weighted by Gasteiger charge is -2.23. The molecule has 186 valence electrons. The van der Waals surface area contributed by atoms with E-state index in [1.54, 1.807) is 30.2 Å². The smallest absolute Gasteiger partial charge is 0.425 e. The molecule has 35 heavy (non-hydrogen) atoms. The van der Waals surface area contributed by atoms with Crippen LogP contribution in [0.15, 0.2) is 24.4 Å². The van der Waals surface area contributed by atoms with Crippen molar-refractivity contribution in [2.45, 2.75) is 57.5 Å². The number of alkyl halides is 3. The number of hydrogen-bond acceptors (Lipinski definition) is 6. The lowest BCUT2D eigenvalue weighted by atomic mass is 10.1. The highest BCUT2D eigenvalue weighted by Crippen LogP contribution is 2.39. The van der Waals surface area contributed by atoms with Crippen LogP contribution in [0.1, 0.15) is 41.3 Å². The number of pyridine rings is 1. The highest BCUT2D eigenvalue weighted by molar-refractivity contribution is 6.00. The summed E-state index contributed by atoms with van der Waals surface area (Å²) in [5.41, 5.74) is 2.18. The molecule has 2 amide bonds. The van der Waals surface area contributed by atoms with Crippen LogP contribution >= 0.6 is 0 Å². The molecular weight excluding hydrogens is 467 g/mol. The number of fused-ring (bicyclic) bond motifs is 3. The number of carbonyl (C=O) groups is 2. The molecule has 1 saturated heterocycles. The number of aryl methyl sites for hydroxylation is 2. The average Bonchev–Trinajstić information content (AvgIpc) is 3.13. The lowest BCUT2D eigenvalue weighted by molar-refractivity contribution is -0.189. The Hall–Kier alpha value is -3.50. The number of nitrogens with one attached hydrogen (secondary N) is 1. The Morgan fingerprint density at radius 3 is 2.80 bits per heavy atom. The molecule has 1 aromatic heterocycles. The fraction of sp³-hybridized carbons (Fsp3) is 0.458. The molecule has 8 nitrogen and oxygen atoms in total. The zero-order chi connectivity index (χ0) is 24.9. The fourth-order valence-electron chi connectivity index (χ4n) is 4.57. The molecule has 0 unspecified atom stereocenters. The molecule has 3 aliphatic rings. The minimum atomic E-state index is -4.58. The summed E-state index contributed by atoms with van der Waals surface area (Å²) in [4.78, 5) is 31.0. The molecule has 1 N–H and O–H groups in total. The number of rotatable bonds is 4. The van der Waals surface area contributed by atoms with Gasteiger partial charge in [0.1, 0.15) is 29.8 Å². The van der Waals surface area contributed by atoms with Gasteiger partial charge in [-0.1, -0.05) is 0 Å². The fourth-order valence-corrected chi connectivity index (χ4v) is 4.57. The van der Waals surface area contributed by atoms with Gasteiger partial charge in [0.2, 0.25) is 11.8 Å². The van der Waals surface area contributed by atoms with E-state index >= 15 is 0 Å². The Kier molecular flexibility index (Phi) is 5.72. The van der Waals surface area contributed by atoms with E-state index in [4.69, 9.17) is 14.2 Å². The van der Waals surface area contributed by atoms with Crippen molar-refractivity contribution in [3.8, 4) is 17.4 Å². The first-order chi connectivity index (χ1) is 16.6. The number of ether oxygens (including phenoxy) is 3. The van der Waals surface area contributed by atoms with Gasteiger partial charge in [-0.25, -0.2) is 4.98 Å². The van der Waals surface area contributed by atoms with Crippen LogP contribution < -0.4 is 19.5 Å². The number of carbonyl (C=O) groups excluding carboxylic acids is 2. The molecular formula is C24H24F3N3O5. The van der Waals surface area contributed by atoms with Crippen molar-refractivity contribution in [3.05, 3.63) is 41.1 Å². The van der Waals surface area contributed by atoms with Gasteiger partial charge < -0.3 is 24.4 Å². The third-order valence-electron chi connectivity index (χ3n) is 6.40. The normalized spacial score (nSPS) is 22.3. The van der Waals surface area contributed by atoms with Gasteiger partial charge >= 0.3 is 6.18 Å². The predicted octanol–water partition coefficient (Wildman–Crippen LogP) is 3.66. The van der Waals surface area contributed by atoms with Gasteiger partial charge in [0.15, 0.2) is 6.10 Å². The van der Waals surface area contributed by atoms with Crippen molar-refractivity contribution in [1.29, 1.82) is 0 Å². The van der Waals surface area contributed by atoms with Crippen LogP contribution in [-0.4, -0.2) is 59.3 Å². The molecule has 0 radical (unpaired) electrons. The molecule has 1 fully saturated rings. The van der Waals surface area contributed by atoms with E-state index in [0.29, 0.717) is 36.4 Å². The maximum absolute atomic E-state index is 13.5. The van der Waals surface area contributed by atoms with Crippen molar-refractivity contribution < 1.29 is 37.0 Å². The van der Waals surface area contributed by atoms with Crippen molar-refractivity contribution >= 4 is 17.5 Å². The SMILES string of the molecule is Cc1cc2c(c(O[C@H](C)C(F)(F)F)c1)C(=O)N1C[C@@H](Oc3cc4c(cn3)CCC(=O)N4)C[C@@H]1CO2. The van der Waals surface area contributed by atoms with Crippen LogP contribution in [0.4, 0.5) is 18.9 Å². The zero-order valence-corrected chi connectivity index (χ0v) is 19.1. The molecule has 3 atom stereocenters. The second kappa shape index (κ2) is 8.62. The summed E-state index contributed by atoms with van der Waals surface area (Å²) in [7, 11) is 0. The Morgan fingerprint density at radius 1 is 1.23 bits per heavy atom. The van der Waals surface area contributed by atoms with E-state index in [2.05, 4.69) is 10.3 Å². The topological polar surface area (TPSA) is 90.0 Å². The Morgan fingerprint density at radius 2 is 2.03 bits per heavy atom. The second-order valence-electron chi connectivity index (χ2n) is 9.06. The Balaban J connectivity index is 1.36. The minimum Gasteiger partial charge on any atom is -0.490 e. The van der Waals surface area contributed by atoms with Crippen LogP contribution in [0, 0.1) is 6.92 Å². The summed E-state index contributed by atoms with van der Waals surface area (Å²) in [6.45, 7) is 2.97. The summed E-state index contributed by atoms with van der Waals surface area (Å²) < 4.78 is 56.5. The van der Waals surface area contributed by atoms with Crippen LogP contribution in [0.25, 0.3) is 0 Å². The van der Waals surface area contributed by atoms with E-state index in [9.17, 15) is 22.8 Å². The van der Waals surface area contributed by atoms with Gasteiger partial charge in [-0.2, -0.15) is 13.2 Å². The summed E-state index contributed by atoms with van der Waals surface area (Å²) in [6, 6.07) is 4.37. The van der Waals surface area contributed by atoms with Crippen molar-refractivity contribution in [3.63, 3.8) is 0 Å². The standard InChI is InChI=1S/C24H24F3N3O5/c1-12-5-18-22(19(6-12)34-13(2)24(25,26)27)23(32)30-10-16(7-15(30)11-33-18)35-21-8-17-14(9-28-21)3-4-20(31)29-17/h5-6,8-9,13,15-16H,3-4,7,10-11H2,1-2H3,(H,29,31)/t13-,15-,16+/m1/s1. The number of amides is 2. The first-order valence-electron chi connectivity index (χ1n) is 11.4. The van der Waals surface area contributed by atoms with E-state index in [-0.39, 0.29) is 42.2 Å². The summed E-state index contributed by atoms with van der Waals surface area (Å²) in [5, 5.41) is 2.80. The summed E-state index contributed by atoms with van der Waals surface area (Å²) in [6.07, 6.45) is -3.94. The van der Waals surface area contributed by atoms with Gasteiger partial charge in [-0.3, -0.25) is 9.59 Å². The van der Waals surface area contributed by atoms with E-state index in [0.717, 1.165) is 12.5 Å². The molecule has 4 heterocycles. The quantitative estimate of drug-likeness (QED) is 0.702. The number of aromatic nitrogens is 1. The molecule has 3 aliphatic heterocycles. The highest BCUT2D eigenvalue weighted by Gasteiger charge is 2.43. The monoisotopic (exact) mass is 491 g/mol. The van der Waals surface area contributed by atoms with Gasteiger partial charge in [0.25, 0.3) is 5.91 Å². The number of anilines is 1. The van der Waals surface area contributed by atoms with Crippen LogP contribution in [0.2, 0.25) is 0 Å². The molecule has 0 aliphatic carbocycles. The van der Waals surface area contributed by atoms with E-state index in [1.807, 2.05) is 0 Å². The largest absolute Gasteiger partial charge is 0.490 e. The second-order valence-corrected chi connectivity index (χ2v) is 9.06. The molecule has 5 rings (SSSR count). The maximum Gasteiger partial charge on any atom is 0.425 e. The first kappa shape index (κ1) is 23.3. The van der Waals surface area contributed by atoms with Gasteiger partial charge in [-0.05, 0) is 43.5 Å². The van der Waals surface area contributed by atoms with Crippen molar-refractivity contribution in [2.24, 2.45) is 0 Å². The van der Waals surface area contributed by atoms with E-state index in [1.165, 1.54) is 6.07 Å². The predicted molar refractivity (Wildman–Crippen MR) is 118 cm³/mol. The molecule has 0 saturated carbocycles. The van der Waals surface area contributed by atoms with Gasteiger partial charge in [-0.15, -0.1) is 0 Å². The average molecular weight is 491 g/mol. The van der Waals surface area contributed by atoms with Gasteiger partial charge in [0.05, 0.1) is 18.3 Å². The zero-order valence-electron chi connectivity index (χ0n) is 19.1. The molecule has 2 aromatic rings. The van der Waals surface area contributed by atoms with Crippen LogP contribution in [0.3, 0.4) is 0 Å². The molecule has 1 aromatic carbocycles. The summed E-state index contributed by atoms with van der Waals surface area (Å²) in [5.74, 6) is -0.173. The van der Waals surface area contributed by atoms with Crippen LogP contribution in [-0.2, 0) is 11.2 Å². The maximum atomic E-state index is 13.5. The Bertz CT molecular complexity index is 1190. The minimum absolute atomic E-state index is 0.0236. The highest BCUT2D eigenvalue weighted by atomic mass is 19.4. The lowest BCUT2D eigenvalue weighted by Crippen LogP contribution is -2.38. The Labute approximate surface area is 199 Å². The third-order valence-corrected chi connectivity index (χ3v) is 6.40. The summed E-state index contributed by atoms with van der Waals surface area (Å²) >= 11 is 0. The number of nitrogens with zero attached hydrogens (tertiary/aromatic N) is 2. The number of hydrogen-bond donors (Lipinski definition) is 1. The molecule has 11 heteroatoms. The first-order valence-corrected chi connectivity index (χ1v) is 11.4. The molecule has 0 spiro atoms. The molecule has 0 bridgehead atoms. The number of halogens is 3. The number of benzene rings is 1. The van der Waals surface area contributed by atoms with Crippen LogP contribution in [0.5, 0.6) is 17.4 Å². The van der Waals surface area contributed by atoms with E-state index < -0.39 is 24.3 Å².